The number of hydrogen-bond acceptors (Lipinski definition) is 3. The molecule has 0 saturated heterocycles. The largest absolute Gasteiger partial charge is 0.492 e. The van der Waals surface area contributed by atoms with Crippen molar-refractivity contribution in [3.8, 4) is 5.75 Å². The first-order chi connectivity index (χ1) is 9.17. The van der Waals surface area contributed by atoms with E-state index in [4.69, 9.17) is 10.5 Å². The Hall–Kier alpha value is -0.190. The van der Waals surface area contributed by atoms with Gasteiger partial charge in [0.05, 0.1) is 11.1 Å². The number of benzene rings is 1. The third kappa shape index (κ3) is 6.68. The molecule has 0 amide bonds. The normalized spacial score (nSPS) is 12.4. The molecule has 2 nitrogen and oxygen atoms in total. The first kappa shape index (κ1) is 16.9. The van der Waals surface area contributed by atoms with Gasteiger partial charge in [0.25, 0.3) is 0 Å². The van der Waals surface area contributed by atoms with Crippen LogP contribution >= 0.6 is 27.7 Å². The van der Waals surface area contributed by atoms with Gasteiger partial charge in [-0.2, -0.15) is 11.8 Å². The number of thioether (sulfide) groups is 1. The van der Waals surface area contributed by atoms with Crippen molar-refractivity contribution in [1.82, 2.24) is 0 Å². The van der Waals surface area contributed by atoms with Gasteiger partial charge in [-0.25, -0.2) is 0 Å². The van der Waals surface area contributed by atoms with Crippen molar-refractivity contribution >= 4 is 27.7 Å². The number of halogens is 1. The molecule has 0 aliphatic rings. The van der Waals surface area contributed by atoms with Gasteiger partial charge in [-0.15, -0.1) is 0 Å². The molecule has 0 aliphatic heterocycles. The highest BCUT2D eigenvalue weighted by Crippen LogP contribution is 2.26. The monoisotopic (exact) mass is 345 g/mol. The second-order valence-corrected chi connectivity index (χ2v) is 6.78. The van der Waals surface area contributed by atoms with E-state index in [-0.39, 0.29) is 6.04 Å². The van der Waals surface area contributed by atoms with Gasteiger partial charge in [0.15, 0.2) is 0 Å². The zero-order valence-electron chi connectivity index (χ0n) is 11.8. The Labute approximate surface area is 129 Å². The van der Waals surface area contributed by atoms with Crippen LogP contribution in [-0.2, 0) is 6.42 Å². The standard InChI is InChI=1S/C15H24BrNOS/c1-3-13(17)10-12-6-7-15(14(16)11-12)18-8-5-9-19-4-2/h6-7,11,13H,3-5,8-10,17H2,1-2H3. The molecule has 0 aliphatic carbocycles. The molecule has 108 valence electrons. The number of hydrogen-bond donors (Lipinski definition) is 1. The SMILES string of the molecule is CCSCCCOc1ccc(CC(N)CC)cc1Br. The lowest BCUT2D eigenvalue weighted by molar-refractivity contribution is 0.316. The van der Waals surface area contributed by atoms with E-state index in [1.54, 1.807) is 0 Å². The molecule has 1 aromatic carbocycles. The predicted octanol–water partition coefficient (Wildman–Crippen LogP) is 4.25. The van der Waals surface area contributed by atoms with E-state index in [0.29, 0.717) is 0 Å². The predicted molar refractivity (Wildman–Crippen MR) is 89.2 cm³/mol. The van der Waals surface area contributed by atoms with Crippen molar-refractivity contribution in [2.75, 3.05) is 18.1 Å². The fourth-order valence-electron chi connectivity index (χ4n) is 1.72. The lowest BCUT2D eigenvalue weighted by Crippen LogP contribution is -2.21. The van der Waals surface area contributed by atoms with Crippen LogP contribution in [0.25, 0.3) is 0 Å². The Balaban J connectivity index is 2.43. The van der Waals surface area contributed by atoms with E-state index in [0.717, 1.165) is 41.8 Å². The molecular formula is C15H24BrNOS. The molecule has 1 rings (SSSR count). The van der Waals surface area contributed by atoms with Crippen molar-refractivity contribution in [1.29, 1.82) is 0 Å². The second-order valence-electron chi connectivity index (χ2n) is 4.54. The summed E-state index contributed by atoms with van der Waals surface area (Å²) < 4.78 is 6.80. The molecule has 0 bridgehead atoms. The number of rotatable bonds is 9. The van der Waals surface area contributed by atoms with Crippen LogP contribution in [0, 0.1) is 0 Å². The topological polar surface area (TPSA) is 35.2 Å². The maximum atomic E-state index is 5.97. The summed E-state index contributed by atoms with van der Waals surface area (Å²) in [4.78, 5) is 0. The molecule has 19 heavy (non-hydrogen) atoms. The zero-order valence-corrected chi connectivity index (χ0v) is 14.2. The van der Waals surface area contributed by atoms with E-state index in [9.17, 15) is 0 Å². The lowest BCUT2D eigenvalue weighted by atomic mass is 10.0. The van der Waals surface area contributed by atoms with E-state index < -0.39 is 0 Å². The summed E-state index contributed by atoms with van der Waals surface area (Å²) in [6.45, 7) is 5.08. The highest BCUT2D eigenvalue weighted by Gasteiger charge is 2.06. The molecule has 0 radical (unpaired) electrons. The molecule has 1 unspecified atom stereocenters. The summed E-state index contributed by atoms with van der Waals surface area (Å²) in [6, 6.07) is 6.50. The smallest absolute Gasteiger partial charge is 0.133 e. The maximum Gasteiger partial charge on any atom is 0.133 e. The van der Waals surface area contributed by atoms with Crippen LogP contribution in [0.5, 0.6) is 5.75 Å². The highest BCUT2D eigenvalue weighted by molar-refractivity contribution is 9.10. The summed E-state index contributed by atoms with van der Waals surface area (Å²) in [6.07, 6.45) is 3.01. The van der Waals surface area contributed by atoms with Crippen molar-refractivity contribution in [3.63, 3.8) is 0 Å². The first-order valence-electron chi connectivity index (χ1n) is 6.91. The Morgan fingerprint density at radius 3 is 2.79 bits per heavy atom. The summed E-state index contributed by atoms with van der Waals surface area (Å²) >= 11 is 5.52. The van der Waals surface area contributed by atoms with Crippen molar-refractivity contribution < 1.29 is 4.74 Å². The van der Waals surface area contributed by atoms with E-state index in [1.807, 2.05) is 17.8 Å². The molecule has 0 aromatic heterocycles. The minimum Gasteiger partial charge on any atom is -0.492 e. The van der Waals surface area contributed by atoms with Gasteiger partial charge in [-0.3, -0.25) is 0 Å². The number of nitrogens with two attached hydrogens (primary N) is 1. The molecule has 0 heterocycles. The van der Waals surface area contributed by atoms with Crippen molar-refractivity contribution in [2.24, 2.45) is 5.73 Å². The Bertz CT molecular complexity index is 373. The molecule has 0 fully saturated rings. The zero-order chi connectivity index (χ0) is 14.1. The van der Waals surface area contributed by atoms with E-state index in [1.165, 1.54) is 11.3 Å². The van der Waals surface area contributed by atoms with Crippen LogP contribution in [0.2, 0.25) is 0 Å². The number of ether oxygens (including phenoxy) is 1. The van der Waals surface area contributed by atoms with Crippen LogP contribution < -0.4 is 10.5 Å². The van der Waals surface area contributed by atoms with Gasteiger partial charge in [0.2, 0.25) is 0 Å². The molecule has 1 atom stereocenters. The summed E-state index contributed by atoms with van der Waals surface area (Å²) in [5.41, 5.74) is 7.23. The molecular weight excluding hydrogens is 322 g/mol. The summed E-state index contributed by atoms with van der Waals surface area (Å²) in [5, 5.41) is 0. The van der Waals surface area contributed by atoms with Crippen LogP contribution in [-0.4, -0.2) is 24.2 Å². The van der Waals surface area contributed by atoms with E-state index in [2.05, 4.69) is 41.9 Å². The van der Waals surface area contributed by atoms with Gasteiger partial charge < -0.3 is 10.5 Å². The van der Waals surface area contributed by atoms with E-state index >= 15 is 0 Å². The van der Waals surface area contributed by atoms with Gasteiger partial charge in [-0.1, -0.05) is 19.9 Å². The summed E-state index contributed by atoms with van der Waals surface area (Å²) in [5.74, 6) is 3.27. The van der Waals surface area contributed by atoms with Gasteiger partial charge in [0.1, 0.15) is 5.75 Å². The van der Waals surface area contributed by atoms with Gasteiger partial charge in [0, 0.05) is 6.04 Å². The lowest BCUT2D eigenvalue weighted by Gasteiger charge is -2.12. The molecule has 0 saturated carbocycles. The highest BCUT2D eigenvalue weighted by atomic mass is 79.9. The Morgan fingerprint density at radius 2 is 2.16 bits per heavy atom. The summed E-state index contributed by atoms with van der Waals surface area (Å²) in [7, 11) is 0. The van der Waals surface area contributed by atoms with Crippen LogP contribution in [0.1, 0.15) is 32.3 Å². The van der Waals surface area contributed by atoms with Gasteiger partial charge in [-0.05, 0) is 64.4 Å². The quantitative estimate of drug-likeness (QED) is 0.679. The average Bonchev–Trinajstić information content (AvgIpc) is 2.40. The molecule has 1 aromatic rings. The third-order valence-electron chi connectivity index (χ3n) is 2.91. The average molecular weight is 346 g/mol. The fourth-order valence-corrected chi connectivity index (χ4v) is 2.87. The Kier molecular flexibility index (Phi) is 8.58. The molecule has 4 heteroatoms. The van der Waals surface area contributed by atoms with Crippen LogP contribution in [0.4, 0.5) is 0 Å². The fraction of sp³-hybridized carbons (Fsp3) is 0.600. The Morgan fingerprint density at radius 1 is 1.37 bits per heavy atom. The second kappa shape index (κ2) is 9.67. The maximum absolute atomic E-state index is 5.97. The molecule has 2 N–H and O–H groups in total. The third-order valence-corrected chi connectivity index (χ3v) is 4.52. The van der Waals surface area contributed by atoms with Crippen molar-refractivity contribution in [3.05, 3.63) is 28.2 Å². The van der Waals surface area contributed by atoms with Crippen molar-refractivity contribution in [2.45, 2.75) is 39.2 Å². The van der Waals surface area contributed by atoms with Crippen LogP contribution in [0.3, 0.4) is 0 Å². The first-order valence-corrected chi connectivity index (χ1v) is 8.86. The van der Waals surface area contributed by atoms with Gasteiger partial charge >= 0.3 is 0 Å². The minimum absolute atomic E-state index is 0.240. The molecule has 0 spiro atoms. The van der Waals surface area contributed by atoms with Crippen LogP contribution in [0.15, 0.2) is 22.7 Å². The minimum atomic E-state index is 0.240.